The first-order chi connectivity index (χ1) is 9.09. The summed E-state index contributed by atoms with van der Waals surface area (Å²) in [5.41, 5.74) is 0.830. The molecule has 0 saturated heterocycles. The van der Waals surface area contributed by atoms with Gasteiger partial charge in [0.05, 0.1) is 6.10 Å². The minimum Gasteiger partial charge on any atom is -0.384 e. The van der Waals surface area contributed by atoms with Gasteiger partial charge in [-0.25, -0.2) is 0 Å². The van der Waals surface area contributed by atoms with Crippen LogP contribution in [0.1, 0.15) is 25.5 Å². The first-order valence-electron chi connectivity index (χ1n) is 6.45. The third kappa shape index (κ3) is 6.58. The Morgan fingerprint density at radius 1 is 1.26 bits per heavy atom. The molecule has 0 bridgehead atoms. The van der Waals surface area contributed by atoms with E-state index in [2.05, 4.69) is 5.32 Å². The highest BCUT2D eigenvalue weighted by molar-refractivity contribution is 5.87. The van der Waals surface area contributed by atoms with Crippen LogP contribution in [0, 0.1) is 5.92 Å². The molecule has 0 saturated carbocycles. The van der Waals surface area contributed by atoms with E-state index in [0.717, 1.165) is 5.56 Å². The quantitative estimate of drug-likeness (QED) is 0.609. The molecule has 0 aromatic heterocycles. The highest BCUT2D eigenvalue weighted by Gasteiger charge is 2.00. The molecule has 1 rings (SSSR count). The molecule has 0 fully saturated rings. The maximum Gasteiger partial charge on any atom is 0.243 e. The van der Waals surface area contributed by atoms with Crippen LogP contribution in [0.15, 0.2) is 54.6 Å². The zero-order chi connectivity index (χ0) is 14.1. The lowest BCUT2D eigenvalue weighted by molar-refractivity contribution is -0.116. The molecular weight excluding hydrogens is 238 g/mol. The minimum absolute atomic E-state index is 0.118. The third-order valence-electron chi connectivity index (χ3n) is 2.48. The Hall–Kier alpha value is -1.87. The van der Waals surface area contributed by atoms with Crippen molar-refractivity contribution in [1.82, 2.24) is 5.32 Å². The zero-order valence-electron chi connectivity index (χ0n) is 11.4. The van der Waals surface area contributed by atoms with Crippen molar-refractivity contribution in [3.05, 3.63) is 60.2 Å². The third-order valence-corrected chi connectivity index (χ3v) is 2.48. The number of benzene rings is 1. The van der Waals surface area contributed by atoms with Crippen molar-refractivity contribution < 1.29 is 9.90 Å². The normalized spacial score (nSPS) is 13.3. The van der Waals surface area contributed by atoms with Crippen LogP contribution >= 0.6 is 0 Å². The van der Waals surface area contributed by atoms with Gasteiger partial charge < -0.3 is 10.4 Å². The SMILES string of the molecule is CC(C)CNC(=O)/C=C/C=C/C(O)c1ccccc1. The van der Waals surface area contributed by atoms with E-state index in [1.54, 1.807) is 18.2 Å². The van der Waals surface area contributed by atoms with Crippen LogP contribution in [0.5, 0.6) is 0 Å². The summed E-state index contributed by atoms with van der Waals surface area (Å²) < 4.78 is 0. The van der Waals surface area contributed by atoms with Gasteiger partial charge >= 0.3 is 0 Å². The van der Waals surface area contributed by atoms with Crippen LogP contribution in [0.4, 0.5) is 0 Å². The van der Waals surface area contributed by atoms with E-state index in [1.807, 2.05) is 44.2 Å². The number of aliphatic hydroxyl groups is 1. The molecule has 1 unspecified atom stereocenters. The van der Waals surface area contributed by atoms with Gasteiger partial charge in [-0.1, -0.05) is 62.4 Å². The molecule has 0 aliphatic carbocycles. The molecule has 0 aliphatic rings. The Labute approximate surface area is 114 Å². The smallest absolute Gasteiger partial charge is 0.243 e. The number of nitrogens with one attached hydrogen (secondary N) is 1. The van der Waals surface area contributed by atoms with E-state index in [1.165, 1.54) is 6.08 Å². The topological polar surface area (TPSA) is 49.3 Å². The summed E-state index contributed by atoms with van der Waals surface area (Å²) in [5.74, 6) is 0.320. The Morgan fingerprint density at radius 3 is 2.58 bits per heavy atom. The van der Waals surface area contributed by atoms with Crippen molar-refractivity contribution in [2.75, 3.05) is 6.54 Å². The van der Waals surface area contributed by atoms with Gasteiger partial charge in [-0.05, 0) is 11.5 Å². The van der Waals surface area contributed by atoms with Gasteiger partial charge in [0, 0.05) is 12.6 Å². The molecule has 0 spiro atoms. The number of amides is 1. The second-order valence-corrected chi connectivity index (χ2v) is 4.74. The van der Waals surface area contributed by atoms with Gasteiger partial charge in [0.1, 0.15) is 0 Å². The number of hydrogen-bond acceptors (Lipinski definition) is 2. The summed E-state index contributed by atoms with van der Waals surface area (Å²) in [7, 11) is 0. The standard InChI is InChI=1S/C16H21NO2/c1-13(2)12-17-16(19)11-7-6-10-15(18)14-8-4-3-5-9-14/h3-11,13,15,18H,12H2,1-2H3,(H,17,19)/b10-6+,11-7+. The van der Waals surface area contributed by atoms with E-state index < -0.39 is 6.10 Å². The molecule has 0 radical (unpaired) electrons. The van der Waals surface area contributed by atoms with E-state index in [0.29, 0.717) is 12.5 Å². The molecule has 2 N–H and O–H groups in total. The predicted molar refractivity (Wildman–Crippen MR) is 77.5 cm³/mol. The summed E-state index contributed by atoms with van der Waals surface area (Å²) in [6, 6.07) is 9.37. The molecule has 3 nitrogen and oxygen atoms in total. The monoisotopic (exact) mass is 259 g/mol. The Balaban J connectivity index is 2.39. The first kappa shape index (κ1) is 15.2. The zero-order valence-corrected chi connectivity index (χ0v) is 11.4. The van der Waals surface area contributed by atoms with Gasteiger partial charge in [-0.2, -0.15) is 0 Å². The summed E-state index contributed by atoms with van der Waals surface area (Å²) >= 11 is 0. The van der Waals surface area contributed by atoms with Crippen LogP contribution in [0.3, 0.4) is 0 Å². The fourth-order valence-corrected chi connectivity index (χ4v) is 1.44. The Bertz CT molecular complexity index is 435. The molecule has 0 aliphatic heterocycles. The average molecular weight is 259 g/mol. The largest absolute Gasteiger partial charge is 0.384 e. The van der Waals surface area contributed by atoms with E-state index in [-0.39, 0.29) is 5.91 Å². The molecule has 1 aromatic rings. The predicted octanol–water partition coefficient (Wildman–Crippen LogP) is 2.60. The first-order valence-corrected chi connectivity index (χ1v) is 6.45. The van der Waals surface area contributed by atoms with Crippen molar-refractivity contribution in [2.24, 2.45) is 5.92 Å². The van der Waals surface area contributed by atoms with Crippen LogP contribution in [0.25, 0.3) is 0 Å². The second-order valence-electron chi connectivity index (χ2n) is 4.74. The summed E-state index contributed by atoms with van der Waals surface area (Å²) in [5, 5.41) is 12.6. The summed E-state index contributed by atoms with van der Waals surface area (Å²) in [6.07, 6.45) is 5.75. The van der Waals surface area contributed by atoms with Crippen LogP contribution in [-0.2, 0) is 4.79 Å². The van der Waals surface area contributed by atoms with Gasteiger partial charge in [-0.15, -0.1) is 0 Å². The maximum absolute atomic E-state index is 11.4. The second kappa shape index (κ2) is 8.27. The van der Waals surface area contributed by atoms with Crippen molar-refractivity contribution in [1.29, 1.82) is 0 Å². The molecule has 1 amide bonds. The van der Waals surface area contributed by atoms with Gasteiger partial charge in [0.15, 0.2) is 0 Å². The lowest BCUT2D eigenvalue weighted by atomic mass is 10.1. The fraction of sp³-hybridized carbons (Fsp3) is 0.312. The molecule has 3 heteroatoms. The number of aliphatic hydroxyl groups excluding tert-OH is 1. The van der Waals surface area contributed by atoms with Crippen molar-refractivity contribution in [3.63, 3.8) is 0 Å². The van der Waals surface area contributed by atoms with Gasteiger partial charge in [-0.3, -0.25) is 4.79 Å². The highest BCUT2D eigenvalue weighted by Crippen LogP contribution is 2.12. The number of hydrogen-bond donors (Lipinski definition) is 2. The average Bonchev–Trinajstić information content (AvgIpc) is 2.42. The Kier molecular flexibility index (Phi) is 6.61. The lowest BCUT2D eigenvalue weighted by Gasteiger charge is -2.04. The summed E-state index contributed by atoms with van der Waals surface area (Å²) in [4.78, 5) is 11.4. The fourth-order valence-electron chi connectivity index (χ4n) is 1.44. The summed E-state index contributed by atoms with van der Waals surface area (Å²) in [6.45, 7) is 4.75. The maximum atomic E-state index is 11.4. The van der Waals surface area contributed by atoms with E-state index in [4.69, 9.17) is 0 Å². The number of allylic oxidation sites excluding steroid dienone is 2. The number of rotatable bonds is 6. The van der Waals surface area contributed by atoms with Gasteiger partial charge in [0.25, 0.3) is 0 Å². The van der Waals surface area contributed by atoms with Crippen LogP contribution in [-0.4, -0.2) is 17.6 Å². The molecule has 1 atom stereocenters. The number of carbonyl (C=O) groups excluding carboxylic acids is 1. The number of carbonyl (C=O) groups is 1. The Morgan fingerprint density at radius 2 is 1.95 bits per heavy atom. The molecule has 1 aromatic carbocycles. The molecule has 102 valence electrons. The van der Waals surface area contributed by atoms with E-state index in [9.17, 15) is 9.90 Å². The minimum atomic E-state index is -0.649. The van der Waals surface area contributed by atoms with Crippen LogP contribution < -0.4 is 5.32 Å². The van der Waals surface area contributed by atoms with E-state index >= 15 is 0 Å². The molecule has 19 heavy (non-hydrogen) atoms. The van der Waals surface area contributed by atoms with Crippen molar-refractivity contribution in [2.45, 2.75) is 20.0 Å². The van der Waals surface area contributed by atoms with Crippen molar-refractivity contribution in [3.8, 4) is 0 Å². The molecular formula is C16H21NO2. The van der Waals surface area contributed by atoms with Crippen LogP contribution in [0.2, 0.25) is 0 Å². The van der Waals surface area contributed by atoms with Crippen molar-refractivity contribution >= 4 is 5.91 Å². The molecule has 0 heterocycles. The van der Waals surface area contributed by atoms with Gasteiger partial charge in [0.2, 0.25) is 5.91 Å². The lowest BCUT2D eigenvalue weighted by Crippen LogP contribution is -2.25. The highest BCUT2D eigenvalue weighted by atomic mass is 16.3.